The maximum atomic E-state index is 12.1. The zero-order chi connectivity index (χ0) is 15.5. The number of aromatic nitrogens is 2. The summed E-state index contributed by atoms with van der Waals surface area (Å²) in [5, 5.41) is 17.4. The van der Waals surface area contributed by atoms with Gasteiger partial charge in [-0.2, -0.15) is 5.26 Å². The second-order valence-electron chi connectivity index (χ2n) is 3.83. The minimum atomic E-state index is -3.96. The molecule has 0 aliphatic heterocycles. The molecule has 21 heavy (non-hydrogen) atoms. The molecular weight excluding hydrogens is 296 g/mol. The van der Waals surface area contributed by atoms with Gasteiger partial charge < -0.3 is 5.11 Å². The van der Waals surface area contributed by atoms with Crippen LogP contribution >= 0.6 is 0 Å². The van der Waals surface area contributed by atoms with E-state index in [-0.39, 0.29) is 22.0 Å². The SMILES string of the molecule is N#Cc1ccc(S(=O)(=O)Nc2cc(C(=O)O)ccn2)cn1. The van der Waals surface area contributed by atoms with Gasteiger partial charge in [0, 0.05) is 12.4 Å². The van der Waals surface area contributed by atoms with Crippen LogP contribution in [0.15, 0.2) is 41.6 Å². The van der Waals surface area contributed by atoms with Gasteiger partial charge >= 0.3 is 5.97 Å². The van der Waals surface area contributed by atoms with Crippen LogP contribution in [0.3, 0.4) is 0 Å². The van der Waals surface area contributed by atoms with Crippen molar-refractivity contribution < 1.29 is 18.3 Å². The van der Waals surface area contributed by atoms with Gasteiger partial charge in [-0.1, -0.05) is 0 Å². The first-order valence-electron chi connectivity index (χ1n) is 5.51. The summed E-state index contributed by atoms with van der Waals surface area (Å²) in [5.74, 6) is -1.32. The average Bonchev–Trinajstić information content (AvgIpc) is 2.47. The smallest absolute Gasteiger partial charge is 0.335 e. The van der Waals surface area contributed by atoms with Gasteiger partial charge in [-0.3, -0.25) is 4.72 Å². The Labute approximate surface area is 119 Å². The molecule has 0 saturated carbocycles. The van der Waals surface area contributed by atoms with Crippen LogP contribution in [0.1, 0.15) is 16.1 Å². The number of anilines is 1. The molecule has 2 heterocycles. The topological polar surface area (TPSA) is 133 Å². The lowest BCUT2D eigenvalue weighted by atomic mass is 10.3. The van der Waals surface area contributed by atoms with E-state index in [9.17, 15) is 13.2 Å². The van der Waals surface area contributed by atoms with E-state index >= 15 is 0 Å². The van der Waals surface area contributed by atoms with Crippen molar-refractivity contribution in [3.63, 3.8) is 0 Å². The summed E-state index contributed by atoms with van der Waals surface area (Å²) in [6, 6.07) is 6.58. The summed E-state index contributed by atoms with van der Waals surface area (Å²) >= 11 is 0. The van der Waals surface area contributed by atoms with E-state index in [1.54, 1.807) is 6.07 Å². The Balaban J connectivity index is 2.30. The van der Waals surface area contributed by atoms with E-state index in [0.717, 1.165) is 12.3 Å². The van der Waals surface area contributed by atoms with Gasteiger partial charge in [0.2, 0.25) is 0 Å². The molecular formula is C12H8N4O4S. The molecule has 2 aromatic heterocycles. The predicted octanol–water partition coefficient (Wildman–Crippen LogP) is 0.847. The van der Waals surface area contributed by atoms with Crippen molar-refractivity contribution in [3.8, 4) is 6.07 Å². The Bertz CT molecular complexity index is 825. The molecule has 0 bridgehead atoms. The number of hydrogen-bond acceptors (Lipinski definition) is 6. The highest BCUT2D eigenvalue weighted by atomic mass is 32.2. The Morgan fingerprint density at radius 2 is 2.05 bits per heavy atom. The average molecular weight is 304 g/mol. The third kappa shape index (κ3) is 3.31. The van der Waals surface area contributed by atoms with Crippen molar-refractivity contribution in [1.82, 2.24) is 9.97 Å². The van der Waals surface area contributed by atoms with Gasteiger partial charge in [0.25, 0.3) is 10.0 Å². The highest BCUT2D eigenvalue weighted by Gasteiger charge is 2.16. The summed E-state index contributed by atoms with van der Waals surface area (Å²) in [6.07, 6.45) is 2.21. The van der Waals surface area contributed by atoms with Crippen molar-refractivity contribution in [1.29, 1.82) is 5.26 Å². The van der Waals surface area contributed by atoms with Crippen molar-refractivity contribution >= 4 is 21.8 Å². The molecule has 0 aromatic carbocycles. The van der Waals surface area contributed by atoms with Gasteiger partial charge in [-0.15, -0.1) is 0 Å². The Hall–Kier alpha value is -2.99. The van der Waals surface area contributed by atoms with E-state index < -0.39 is 16.0 Å². The van der Waals surface area contributed by atoms with Crippen LogP contribution in [0, 0.1) is 11.3 Å². The molecule has 0 spiro atoms. The lowest BCUT2D eigenvalue weighted by Gasteiger charge is -2.07. The van der Waals surface area contributed by atoms with Crippen LogP contribution in [-0.2, 0) is 10.0 Å². The molecule has 0 unspecified atom stereocenters. The quantitative estimate of drug-likeness (QED) is 0.855. The zero-order valence-electron chi connectivity index (χ0n) is 10.4. The number of nitriles is 1. The van der Waals surface area contributed by atoms with Crippen LogP contribution in [0.2, 0.25) is 0 Å². The van der Waals surface area contributed by atoms with Gasteiger partial charge in [-0.05, 0) is 24.3 Å². The largest absolute Gasteiger partial charge is 0.478 e. The molecule has 0 aliphatic carbocycles. The third-order valence-electron chi connectivity index (χ3n) is 2.41. The molecule has 0 radical (unpaired) electrons. The van der Waals surface area contributed by atoms with Crippen LogP contribution in [0.5, 0.6) is 0 Å². The lowest BCUT2D eigenvalue weighted by Crippen LogP contribution is -2.14. The second kappa shape index (κ2) is 5.56. The number of aromatic carboxylic acids is 1. The molecule has 0 aliphatic rings. The van der Waals surface area contributed by atoms with E-state index in [0.29, 0.717) is 0 Å². The maximum absolute atomic E-state index is 12.1. The number of carbonyl (C=O) groups is 1. The molecule has 9 heteroatoms. The molecule has 0 amide bonds. The third-order valence-corrected chi connectivity index (χ3v) is 3.75. The number of nitrogens with one attached hydrogen (secondary N) is 1. The molecule has 106 valence electrons. The van der Waals surface area contributed by atoms with E-state index in [1.807, 2.05) is 0 Å². The van der Waals surface area contributed by atoms with Gasteiger partial charge in [-0.25, -0.2) is 23.2 Å². The van der Waals surface area contributed by atoms with Crippen LogP contribution in [0.25, 0.3) is 0 Å². The fraction of sp³-hybridized carbons (Fsp3) is 0. The maximum Gasteiger partial charge on any atom is 0.335 e. The summed E-state index contributed by atoms with van der Waals surface area (Å²) in [6.45, 7) is 0. The Morgan fingerprint density at radius 1 is 1.29 bits per heavy atom. The number of carboxylic acids is 1. The van der Waals surface area contributed by atoms with Crippen molar-refractivity contribution in [2.75, 3.05) is 4.72 Å². The van der Waals surface area contributed by atoms with Crippen LogP contribution in [-0.4, -0.2) is 29.5 Å². The summed E-state index contributed by atoms with van der Waals surface area (Å²) in [4.78, 5) is 18.0. The highest BCUT2D eigenvalue weighted by Crippen LogP contribution is 2.14. The summed E-state index contributed by atoms with van der Waals surface area (Å²) in [7, 11) is -3.96. The van der Waals surface area contributed by atoms with Crippen LogP contribution < -0.4 is 4.72 Å². The molecule has 0 atom stereocenters. The van der Waals surface area contributed by atoms with Crippen molar-refractivity contribution in [3.05, 3.63) is 47.9 Å². The van der Waals surface area contributed by atoms with Gasteiger partial charge in [0.05, 0.1) is 5.56 Å². The fourth-order valence-electron chi connectivity index (χ4n) is 1.42. The van der Waals surface area contributed by atoms with E-state index in [2.05, 4.69) is 14.7 Å². The van der Waals surface area contributed by atoms with E-state index in [1.165, 1.54) is 24.4 Å². The number of nitrogens with zero attached hydrogens (tertiary/aromatic N) is 3. The number of sulfonamides is 1. The van der Waals surface area contributed by atoms with E-state index in [4.69, 9.17) is 10.4 Å². The second-order valence-corrected chi connectivity index (χ2v) is 5.51. The van der Waals surface area contributed by atoms with Crippen molar-refractivity contribution in [2.24, 2.45) is 0 Å². The normalized spacial score (nSPS) is 10.6. The Kier molecular flexibility index (Phi) is 3.82. The highest BCUT2D eigenvalue weighted by molar-refractivity contribution is 7.92. The molecule has 0 fully saturated rings. The molecule has 2 aromatic rings. The first kappa shape index (κ1) is 14.4. The monoisotopic (exact) mass is 304 g/mol. The number of pyridine rings is 2. The number of carboxylic acid groups (broad SMARTS) is 1. The lowest BCUT2D eigenvalue weighted by molar-refractivity contribution is 0.0697. The summed E-state index contributed by atoms with van der Waals surface area (Å²) in [5.41, 5.74) is -0.0133. The Morgan fingerprint density at radius 3 is 2.62 bits per heavy atom. The first-order chi connectivity index (χ1) is 9.92. The molecule has 2 rings (SSSR count). The first-order valence-corrected chi connectivity index (χ1v) is 6.99. The fourth-order valence-corrected chi connectivity index (χ4v) is 2.36. The summed E-state index contributed by atoms with van der Waals surface area (Å²) < 4.78 is 26.3. The number of rotatable bonds is 4. The predicted molar refractivity (Wildman–Crippen MR) is 71.0 cm³/mol. The molecule has 2 N–H and O–H groups in total. The number of hydrogen-bond donors (Lipinski definition) is 2. The van der Waals surface area contributed by atoms with Gasteiger partial charge in [0.1, 0.15) is 22.5 Å². The van der Waals surface area contributed by atoms with Crippen LogP contribution in [0.4, 0.5) is 5.82 Å². The molecule has 0 saturated heterocycles. The van der Waals surface area contributed by atoms with Crippen molar-refractivity contribution in [2.45, 2.75) is 4.90 Å². The zero-order valence-corrected chi connectivity index (χ0v) is 11.2. The standard InChI is InChI=1S/C12H8N4O4S/c13-6-9-1-2-10(7-15-9)21(19,20)16-11-5-8(12(17)18)3-4-14-11/h1-5,7H,(H,14,16)(H,17,18). The minimum Gasteiger partial charge on any atom is -0.478 e. The van der Waals surface area contributed by atoms with Gasteiger partial charge in [0.15, 0.2) is 0 Å². The molecule has 8 nitrogen and oxygen atoms in total. The minimum absolute atomic E-state index is 0.0833.